The molecule has 0 amide bonds. The van der Waals surface area contributed by atoms with E-state index in [4.69, 9.17) is 9.84 Å². The molecule has 118 valence electrons. The third-order valence-corrected chi connectivity index (χ3v) is 3.22. The van der Waals surface area contributed by atoms with Crippen molar-refractivity contribution in [3.8, 4) is 40.4 Å². The highest BCUT2D eigenvalue weighted by Crippen LogP contribution is 2.27. The van der Waals surface area contributed by atoms with Crippen molar-refractivity contribution in [2.75, 3.05) is 13.2 Å². The zero-order valence-corrected chi connectivity index (χ0v) is 12.9. The molecule has 5 heteroatoms. The van der Waals surface area contributed by atoms with E-state index in [0.29, 0.717) is 17.4 Å². The summed E-state index contributed by atoms with van der Waals surface area (Å²) in [6, 6.07) is 19.2. The van der Waals surface area contributed by atoms with Gasteiger partial charge in [0.25, 0.3) is 0 Å². The number of hydrogen-bond acceptors (Lipinski definition) is 5. The maximum absolute atomic E-state index is 8.72. The molecule has 3 aromatic rings. The Hall–Kier alpha value is -3.23. The van der Waals surface area contributed by atoms with Crippen molar-refractivity contribution in [1.29, 1.82) is 0 Å². The molecular weight excluding hydrogens is 302 g/mol. The number of aromatic nitrogens is 3. The van der Waals surface area contributed by atoms with Gasteiger partial charge in [0.15, 0.2) is 18.1 Å². The van der Waals surface area contributed by atoms with Crippen molar-refractivity contribution < 1.29 is 9.84 Å². The van der Waals surface area contributed by atoms with Gasteiger partial charge in [-0.1, -0.05) is 72.5 Å². The van der Waals surface area contributed by atoms with Crippen LogP contribution in [0.2, 0.25) is 0 Å². The standard InChI is InChI=1S/C19H15N3O2/c23-13-7-8-14-24-19-17(15-9-3-1-4-10-15)21-22-18(20-19)16-11-5-2-6-12-16/h1-6,9-12,23H,13-14H2. The Morgan fingerprint density at radius 1 is 0.833 bits per heavy atom. The van der Waals surface area contributed by atoms with Crippen molar-refractivity contribution in [2.45, 2.75) is 0 Å². The third kappa shape index (κ3) is 3.75. The van der Waals surface area contributed by atoms with Crippen LogP contribution in [0, 0.1) is 11.8 Å². The largest absolute Gasteiger partial charge is 0.463 e. The summed E-state index contributed by atoms with van der Waals surface area (Å²) in [4.78, 5) is 4.49. The first-order valence-corrected chi connectivity index (χ1v) is 7.43. The lowest BCUT2D eigenvalue weighted by Gasteiger charge is -2.09. The van der Waals surface area contributed by atoms with Gasteiger partial charge in [0, 0.05) is 11.1 Å². The summed E-state index contributed by atoms with van der Waals surface area (Å²) in [6.07, 6.45) is 0. The van der Waals surface area contributed by atoms with Gasteiger partial charge in [-0.2, -0.15) is 4.98 Å². The molecule has 24 heavy (non-hydrogen) atoms. The van der Waals surface area contributed by atoms with Gasteiger partial charge in [0.1, 0.15) is 6.61 Å². The molecule has 0 fully saturated rings. The normalized spacial score (nSPS) is 9.88. The molecule has 0 bridgehead atoms. The number of rotatable bonds is 4. The van der Waals surface area contributed by atoms with E-state index in [2.05, 4.69) is 27.0 Å². The van der Waals surface area contributed by atoms with Crippen LogP contribution in [-0.2, 0) is 0 Å². The maximum Gasteiger partial charge on any atom is 0.245 e. The second kappa shape index (κ2) is 7.86. The van der Waals surface area contributed by atoms with E-state index in [1.54, 1.807) is 0 Å². The van der Waals surface area contributed by atoms with Crippen molar-refractivity contribution >= 4 is 0 Å². The average Bonchev–Trinajstić information content (AvgIpc) is 2.66. The van der Waals surface area contributed by atoms with E-state index in [9.17, 15) is 0 Å². The molecule has 0 spiro atoms. The number of nitrogens with zero attached hydrogens (tertiary/aromatic N) is 3. The van der Waals surface area contributed by atoms with E-state index in [-0.39, 0.29) is 13.2 Å². The quantitative estimate of drug-likeness (QED) is 0.749. The van der Waals surface area contributed by atoms with Crippen LogP contribution < -0.4 is 4.74 Å². The third-order valence-electron chi connectivity index (χ3n) is 3.22. The molecule has 0 atom stereocenters. The lowest BCUT2D eigenvalue weighted by molar-refractivity contribution is 0.344. The van der Waals surface area contributed by atoms with Crippen LogP contribution in [0.25, 0.3) is 22.6 Å². The molecule has 0 aliphatic rings. The molecule has 1 N–H and O–H groups in total. The smallest absolute Gasteiger partial charge is 0.245 e. The minimum absolute atomic E-state index is 0.118. The van der Waals surface area contributed by atoms with Crippen LogP contribution >= 0.6 is 0 Å². The van der Waals surface area contributed by atoms with Crippen LogP contribution in [0.15, 0.2) is 60.7 Å². The first-order chi connectivity index (χ1) is 11.9. The van der Waals surface area contributed by atoms with Crippen LogP contribution in [-0.4, -0.2) is 33.5 Å². The summed E-state index contributed by atoms with van der Waals surface area (Å²) >= 11 is 0. The van der Waals surface area contributed by atoms with E-state index in [0.717, 1.165) is 11.1 Å². The molecule has 5 nitrogen and oxygen atoms in total. The SMILES string of the molecule is OCC#CCOc1nc(-c2ccccc2)nnc1-c1ccccc1. The van der Waals surface area contributed by atoms with E-state index >= 15 is 0 Å². The molecule has 0 aliphatic carbocycles. The zero-order chi connectivity index (χ0) is 16.6. The number of ether oxygens (including phenoxy) is 1. The second-order valence-electron chi connectivity index (χ2n) is 4.82. The summed E-state index contributed by atoms with van der Waals surface area (Å²) in [5, 5.41) is 17.2. The van der Waals surface area contributed by atoms with Crippen molar-refractivity contribution in [3.05, 3.63) is 60.7 Å². The Bertz CT molecular complexity index is 856. The molecule has 0 saturated heterocycles. The lowest BCUT2D eigenvalue weighted by Crippen LogP contribution is -2.04. The van der Waals surface area contributed by atoms with E-state index < -0.39 is 0 Å². The zero-order valence-electron chi connectivity index (χ0n) is 12.9. The van der Waals surface area contributed by atoms with Gasteiger partial charge in [0.2, 0.25) is 5.88 Å². The number of benzene rings is 2. The fourth-order valence-electron chi connectivity index (χ4n) is 2.11. The van der Waals surface area contributed by atoms with Gasteiger partial charge in [-0.05, 0) is 0 Å². The average molecular weight is 317 g/mol. The van der Waals surface area contributed by atoms with Gasteiger partial charge in [-0.15, -0.1) is 10.2 Å². The van der Waals surface area contributed by atoms with E-state index in [1.165, 1.54) is 0 Å². The number of aliphatic hydroxyl groups excluding tert-OH is 1. The van der Waals surface area contributed by atoms with Crippen LogP contribution in [0.3, 0.4) is 0 Å². The Labute approximate surface area is 140 Å². The summed E-state index contributed by atoms with van der Waals surface area (Å²) in [6.45, 7) is -0.0838. The summed E-state index contributed by atoms with van der Waals surface area (Å²) in [5.41, 5.74) is 2.28. The predicted molar refractivity (Wildman–Crippen MR) is 91.1 cm³/mol. The summed E-state index contributed by atoms with van der Waals surface area (Å²) in [5.74, 6) is 6.10. The van der Waals surface area contributed by atoms with Crippen molar-refractivity contribution in [2.24, 2.45) is 0 Å². The number of hydrogen-bond donors (Lipinski definition) is 1. The molecule has 1 aromatic heterocycles. The minimum Gasteiger partial charge on any atom is -0.463 e. The first-order valence-electron chi connectivity index (χ1n) is 7.43. The molecule has 1 heterocycles. The number of aliphatic hydroxyl groups is 1. The van der Waals surface area contributed by atoms with Gasteiger partial charge in [0.05, 0.1) is 0 Å². The highest BCUT2D eigenvalue weighted by molar-refractivity contribution is 5.65. The van der Waals surface area contributed by atoms with Gasteiger partial charge in [-0.25, -0.2) is 0 Å². The topological polar surface area (TPSA) is 68.1 Å². The highest BCUT2D eigenvalue weighted by atomic mass is 16.5. The van der Waals surface area contributed by atoms with Gasteiger partial charge in [-0.3, -0.25) is 0 Å². The monoisotopic (exact) mass is 317 g/mol. The predicted octanol–water partition coefficient (Wildman–Crippen LogP) is 2.58. The minimum atomic E-state index is -0.202. The van der Waals surface area contributed by atoms with Crippen LogP contribution in [0.1, 0.15) is 0 Å². The molecule has 0 unspecified atom stereocenters. The summed E-state index contributed by atoms with van der Waals surface area (Å²) in [7, 11) is 0. The van der Waals surface area contributed by atoms with E-state index in [1.807, 2.05) is 60.7 Å². The van der Waals surface area contributed by atoms with Crippen molar-refractivity contribution in [3.63, 3.8) is 0 Å². The molecular formula is C19H15N3O2. The Morgan fingerprint density at radius 2 is 1.50 bits per heavy atom. The van der Waals surface area contributed by atoms with Crippen LogP contribution in [0.4, 0.5) is 0 Å². The molecule has 0 radical (unpaired) electrons. The molecule has 2 aromatic carbocycles. The van der Waals surface area contributed by atoms with Crippen molar-refractivity contribution in [1.82, 2.24) is 15.2 Å². The Balaban J connectivity index is 1.99. The first kappa shape index (κ1) is 15.7. The molecule has 0 saturated carbocycles. The highest BCUT2D eigenvalue weighted by Gasteiger charge is 2.13. The molecule has 0 aliphatic heterocycles. The summed E-state index contributed by atoms with van der Waals surface area (Å²) < 4.78 is 5.66. The molecule has 3 rings (SSSR count). The lowest BCUT2D eigenvalue weighted by atomic mass is 10.1. The fourth-order valence-corrected chi connectivity index (χ4v) is 2.11. The Morgan fingerprint density at radius 3 is 2.17 bits per heavy atom. The van der Waals surface area contributed by atoms with Gasteiger partial charge >= 0.3 is 0 Å². The Kier molecular flexibility index (Phi) is 5.13. The fraction of sp³-hybridized carbons (Fsp3) is 0.105. The van der Waals surface area contributed by atoms with Crippen LogP contribution in [0.5, 0.6) is 5.88 Å². The maximum atomic E-state index is 8.72. The van der Waals surface area contributed by atoms with Gasteiger partial charge < -0.3 is 9.84 Å². The second-order valence-corrected chi connectivity index (χ2v) is 4.82.